The quantitative estimate of drug-likeness (QED) is 0.327. The summed E-state index contributed by atoms with van der Waals surface area (Å²) in [5.74, 6) is -0.181. The molecule has 0 fully saturated rings. The fourth-order valence-electron chi connectivity index (χ4n) is 1.66. The lowest BCUT2D eigenvalue weighted by Crippen LogP contribution is -2.04. The summed E-state index contributed by atoms with van der Waals surface area (Å²) in [6.45, 7) is 0. The maximum atomic E-state index is 11.1. The van der Waals surface area contributed by atoms with Crippen LogP contribution in [0, 0.1) is 0 Å². The van der Waals surface area contributed by atoms with Crippen molar-refractivity contribution in [3.05, 3.63) is 35.4 Å². The molecule has 0 aliphatic rings. The average molecular weight is 346 g/mol. The first-order chi connectivity index (χ1) is 8.26. The summed E-state index contributed by atoms with van der Waals surface area (Å²) in [6, 6.07) is 8.26. The molecule has 0 aliphatic heterocycles. The van der Waals surface area contributed by atoms with E-state index in [4.69, 9.17) is 0 Å². The Hall–Kier alpha value is -0.580. The van der Waals surface area contributed by atoms with Gasteiger partial charge >= 0.3 is 5.97 Å². The van der Waals surface area contributed by atoms with Crippen molar-refractivity contribution in [2.75, 3.05) is 11.5 Å². The number of rotatable bonds is 7. The van der Waals surface area contributed by atoms with Gasteiger partial charge in [0.25, 0.3) is 0 Å². The number of ether oxygens (including phenoxy) is 1. The van der Waals surface area contributed by atoms with E-state index in [1.54, 1.807) is 0 Å². The van der Waals surface area contributed by atoms with Crippen molar-refractivity contribution in [3.63, 3.8) is 0 Å². The molecular weight excluding hydrogens is 327 g/mol. The standard InChI is InChI=1S/C14H19IO2/c1-17-14(16)11-13-8-6-12(7-9-13)5-3-2-4-10-15/h6-9H,2-5,10-11H2,1H3. The van der Waals surface area contributed by atoms with E-state index in [9.17, 15) is 4.79 Å². The number of alkyl halides is 1. The van der Waals surface area contributed by atoms with Gasteiger partial charge < -0.3 is 4.74 Å². The maximum absolute atomic E-state index is 11.1. The minimum absolute atomic E-state index is 0.181. The highest BCUT2D eigenvalue weighted by atomic mass is 127. The van der Waals surface area contributed by atoms with Crippen molar-refractivity contribution in [3.8, 4) is 0 Å². The third kappa shape index (κ3) is 6.05. The highest BCUT2D eigenvalue weighted by molar-refractivity contribution is 14.1. The van der Waals surface area contributed by atoms with E-state index in [-0.39, 0.29) is 5.97 Å². The van der Waals surface area contributed by atoms with Crippen LogP contribution in [0.4, 0.5) is 0 Å². The summed E-state index contributed by atoms with van der Waals surface area (Å²) in [5.41, 5.74) is 2.37. The van der Waals surface area contributed by atoms with Gasteiger partial charge in [0, 0.05) is 0 Å². The smallest absolute Gasteiger partial charge is 0.309 e. The lowest BCUT2D eigenvalue weighted by molar-refractivity contribution is -0.139. The SMILES string of the molecule is COC(=O)Cc1ccc(CCCCCI)cc1. The molecular formula is C14H19IO2. The Balaban J connectivity index is 2.36. The molecule has 0 spiro atoms. The molecule has 0 saturated carbocycles. The summed E-state index contributed by atoms with van der Waals surface area (Å²) in [6.07, 6.45) is 5.36. The predicted molar refractivity (Wildman–Crippen MR) is 78.6 cm³/mol. The van der Waals surface area contributed by atoms with Gasteiger partial charge in [-0.05, 0) is 34.8 Å². The number of hydrogen-bond donors (Lipinski definition) is 0. The first-order valence-electron chi connectivity index (χ1n) is 5.97. The molecule has 0 saturated heterocycles. The molecule has 0 atom stereocenters. The topological polar surface area (TPSA) is 26.3 Å². The number of benzene rings is 1. The van der Waals surface area contributed by atoms with E-state index in [0.29, 0.717) is 6.42 Å². The zero-order valence-corrected chi connectivity index (χ0v) is 12.4. The van der Waals surface area contributed by atoms with Gasteiger partial charge in [-0.15, -0.1) is 0 Å². The molecule has 0 aromatic heterocycles. The molecule has 0 aliphatic carbocycles. The van der Waals surface area contributed by atoms with Crippen LogP contribution >= 0.6 is 22.6 Å². The van der Waals surface area contributed by atoms with Crippen LogP contribution in [0.15, 0.2) is 24.3 Å². The van der Waals surface area contributed by atoms with E-state index in [1.807, 2.05) is 12.1 Å². The molecule has 0 unspecified atom stereocenters. The molecule has 17 heavy (non-hydrogen) atoms. The van der Waals surface area contributed by atoms with Crippen LogP contribution in [0.5, 0.6) is 0 Å². The molecule has 0 amide bonds. The number of aryl methyl sites for hydroxylation is 1. The Kier molecular flexibility index (Phi) is 7.24. The number of methoxy groups -OCH3 is 1. The molecule has 94 valence electrons. The fraction of sp³-hybridized carbons (Fsp3) is 0.500. The van der Waals surface area contributed by atoms with Gasteiger partial charge in [0.15, 0.2) is 0 Å². The highest BCUT2D eigenvalue weighted by Crippen LogP contribution is 2.10. The largest absolute Gasteiger partial charge is 0.469 e. The molecule has 3 heteroatoms. The molecule has 0 N–H and O–H groups in total. The zero-order valence-electron chi connectivity index (χ0n) is 10.2. The molecule has 1 rings (SSSR count). The van der Waals surface area contributed by atoms with Gasteiger partial charge in [-0.25, -0.2) is 0 Å². The minimum Gasteiger partial charge on any atom is -0.469 e. The number of unbranched alkanes of at least 4 members (excludes halogenated alkanes) is 2. The first kappa shape index (κ1) is 14.5. The van der Waals surface area contributed by atoms with Gasteiger partial charge in [-0.3, -0.25) is 4.79 Å². The first-order valence-corrected chi connectivity index (χ1v) is 7.49. The Morgan fingerprint density at radius 2 is 1.76 bits per heavy atom. The predicted octanol–water partition coefficient (Wildman–Crippen LogP) is 3.55. The van der Waals surface area contributed by atoms with Gasteiger partial charge in [-0.2, -0.15) is 0 Å². The lowest BCUT2D eigenvalue weighted by Gasteiger charge is -2.03. The van der Waals surface area contributed by atoms with Crippen LogP contribution in [0.3, 0.4) is 0 Å². The minimum atomic E-state index is -0.181. The Bertz CT molecular complexity index is 333. The molecule has 1 aromatic carbocycles. The van der Waals surface area contributed by atoms with Gasteiger partial charge in [0.05, 0.1) is 13.5 Å². The number of hydrogen-bond acceptors (Lipinski definition) is 2. The van der Waals surface area contributed by atoms with Crippen molar-refractivity contribution in [2.45, 2.75) is 32.1 Å². The Morgan fingerprint density at radius 1 is 1.12 bits per heavy atom. The normalized spacial score (nSPS) is 10.2. The number of halogens is 1. The van der Waals surface area contributed by atoms with Crippen molar-refractivity contribution >= 4 is 28.6 Å². The third-order valence-electron chi connectivity index (χ3n) is 2.70. The van der Waals surface area contributed by atoms with Gasteiger partial charge in [0.1, 0.15) is 0 Å². The van der Waals surface area contributed by atoms with Gasteiger partial charge in [0.2, 0.25) is 0 Å². The number of esters is 1. The van der Waals surface area contributed by atoms with E-state index in [0.717, 1.165) is 12.0 Å². The molecule has 0 heterocycles. The summed E-state index contributed by atoms with van der Waals surface area (Å²) >= 11 is 2.42. The molecule has 2 nitrogen and oxygen atoms in total. The molecule has 0 radical (unpaired) electrons. The van der Waals surface area contributed by atoms with E-state index in [2.05, 4.69) is 39.5 Å². The summed E-state index contributed by atoms with van der Waals surface area (Å²) < 4.78 is 5.88. The second-order valence-corrected chi connectivity index (χ2v) is 5.15. The Labute approximate surface area is 117 Å². The lowest BCUT2D eigenvalue weighted by atomic mass is 10.0. The van der Waals surface area contributed by atoms with Crippen LogP contribution in [0.1, 0.15) is 30.4 Å². The summed E-state index contributed by atoms with van der Waals surface area (Å²) in [4.78, 5) is 11.1. The fourth-order valence-corrected chi connectivity index (χ4v) is 2.20. The average Bonchev–Trinajstić information content (AvgIpc) is 2.36. The zero-order chi connectivity index (χ0) is 12.5. The molecule has 0 bridgehead atoms. The monoisotopic (exact) mass is 346 g/mol. The van der Waals surface area contributed by atoms with E-state index >= 15 is 0 Å². The number of carbonyl (C=O) groups is 1. The second kappa shape index (κ2) is 8.50. The summed E-state index contributed by atoms with van der Waals surface area (Å²) in [5, 5.41) is 0. The summed E-state index contributed by atoms with van der Waals surface area (Å²) in [7, 11) is 1.42. The van der Waals surface area contributed by atoms with E-state index < -0.39 is 0 Å². The third-order valence-corrected chi connectivity index (χ3v) is 3.46. The van der Waals surface area contributed by atoms with Crippen LogP contribution < -0.4 is 0 Å². The van der Waals surface area contributed by atoms with Crippen LogP contribution in [0.25, 0.3) is 0 Å². The highest BCUT2D eigenvalue weighted by Gasteiger charge is 2.02. The van der Waals surface area contributed by atoms with Crippen LogP contribution in [-0.4, -0.2) is 17.5 Å². The second-order valence-electron chi connectivity index (χ2n) is 4.07. The van der Waals surface area contributed by atoms with E-state index in [1.165, 1.54) is 36.4 Å². The molecule has 1 aromatic rings. The van der Waals surface area contributed by atoms with Crippen LogP contribution in [-0.2, 0) is 22.4 Å². The van der Waals surface area contributed by atoms with Crippen LogP contribution in [0.2, 0.25) is 0 Å². The van der Waals surface area contributed by atoms with Crippen molar-refractivity contribution in [1.29, 1.82) is 0 Å². The van der Waals surface area contributed by atoms with Gasteiger partial charge in [-0.1, -0.05) is 53.3 Å². The van der Waals surface area contributed by atoms with Crippen molar-refractivity contribution < 1.29 is 9.53 Å². The maximum Gasteiger partial charge on any atom is 0.309 e. The number of carbonyl (C=O) groups excluding carboxylic acids is 1. The van der Waals surface area contributed by atoms with Crippen molar-refractivity contribution in [1.82, 2.24) is 0 Å². The van der Waals surface area contributed by atoms with Crippen molar-refractivity contribution in [2.24, 2.45) is 0 Å². The Morgan fingerprint density at radius 3 is 2.35 bits per heavy atom.